The number of ether oxygens (including phenoxy) is 1. The molecule has 82 valence electrons. The number of morpholine rings is 1. The van der Waals surface area contributed by atoms with Gasteiger partial charge >= 0.3 is 0 Å². The number of aromatic hydroxyl groups is 1. The highest BCUT2D eigenvalue weighted by Gasteiger charge is 2.12. The lowest BCUT2D eigenvalue weighted by molar-refractivity contribution is 0.0339. The maximum absolute atomic E-state index is 9.65. The van der Waals surface area contributed by atoms with Gasteiger partial charge in [0.2, 0.25) is 0 Å². The third-order valence-electron chi connectivity index (χ3n) is 2.54. The highest BCUT2D eigenvalue weighted by Crippen LogP contribution is 2.23. The molecule has 4 heteroatoms. The van der Waals surface area contributed by atoms with Crippen LogP contribution in [-0.2, 0) is 11.3 Å². The molecule has 0 aromatic heterocycles. The molecule has 0 bridgehead atoms. The molecule has 3 nitrogen and oxygen atoms in total. The number of rotatable bonds is 2. The molecule has 0 atom stereocenters. The van der Waals surface area contributed by atoms with Crippen LogP contribution in [0.4, 0.5) is 0 Å². The van der Waals surface area contributed by atoms with E-state index in [1.807, 2.05) is 6.07 Å². The first-order chi connectivity index (χ1) is 7.25. The van der Waals surface area contributed by atoms with E-state index in [1.165, 1.54) is 0 Å². The van der Waals surface area contributed by atoms with Gasteiger partial charge in [0, 0.05) is 30.2 Å². The molecule has 1 aromatic carbocycles. The summed E-state index contributed by atoms with van der Waals surface area (Å²) in [5.41, 5.74) is 0.879. The summed E-state index contributed by atoms with van der Waals surface area (Å²) in [4.78, 5) is 2.24. The summed E-state index contributed by atoms with van der Waals surface area (Å²) in [5, 5.41) is 10.3. The van der Waals surface area contributed by atoms with E-state index in [4.69, 9.17) is 16.3 Å². The van der Waals surface area contributed by atoms with Gasteiger partial charge in [-0.25, -0.2) is 0 Å². The Hall–Kier alpha value is -0.770. The predicted octanol–water partition coefficient (Wildman–Crippen LogP) is 1.88. The zero-order valence-electron chi connectivity index (χ0n) is 8.45. The highest BCUT2D eigenvalue weighted by molar-refractivity contribution is 6.30. The van der Waals surface area contributed by atoms with Crippen molar-refractivity contribution in [3.8, 4) is 5.75 Å². The van der Waals surface area contributed by atoms with Crippen molar-refractivity contribution in [3.05, 3.63) is 28.8 Å². The predicted molar refractivity (Wildman–Crippen MR) is 59.2 cm³/mol. The Labute approximate surface area is 94.2 Å². The summed E-state index contributed by atoms with van der Waals surface area (Å²) in [6.07, 6.45) is 0. The highest BCUT2D eigenvalue weighted by atomic mass is 35.5. The average molecular weight is 228 g/mol. The van der Waals surface area contributed by atoms with Crippen molar-refractivity contribution < 1.29 is 9.84 Å². The van der Waals surface area contributed by atoms with E-state index in [9.17, 15) is 5.11 Å². The Balaban J connectivity index is 2.05. The lowest BCUT2D eigenvalue weighted by Crippen LogP contribution is -2.35. The lowest BCUT2D eigenvalue weighted by atomic mass is 10.2. The van der Waals surface area contributed by atoms with Crippen molar-refractivity contribution >= 4 is 11.6 Å². The van der Waals surface area contributed by atoms with Crippen molar-refractivity contribution in [2.75, 3.05) is 26.3 Å². The van der Waals surface area contributed by atoms with Crippen LogP contribution in [0.5, 0.6) is 5.75 Å². The van der Waals surface area contributed by atoms with Crippen LogP contribution < -0.4 is 0 Å². The third-order valence-corrected chi connectivity index (χ3v) is 2.77. The number of nitrogens with zero attached hydrogens (tertiary/aromatic N) is 1. The molecule has 0 radical (unpaired) electrons. The summed E-state index contributed by atoms with van der Waals surface area (Å²) in [7, 11) is 0. The maximum Gasteiger partial charge on any atom is 0.120 e. The first-order valence-electron chi connectivity index (χ1n) is 5.03. The minimum atomic E-state index is 0.311. The zero-order valence-corrected chi connectivity index (χ0v) is 9.20. The number of benzene rings is 1. The number of phenols is 1. The van der Waals surface area contributed by atoms with E-state index in [1.54, 1.807) is 12.1 Å². The molecule has 0 amide bonds. The molecule has 1 saturated heterocycles. The van der Waals surface area contributed by atoms with Gasteiger partial charge in [-0.3, -0.25) is 4.90 Å². The Bertz CT molecular complexity index is 337. The second-order valence-electron chi connectivity index (χ2n) is 3.66. The fraction of sp³-hybridized carbons (Fsp3) is 0.455. The van der Waals surface area contributed by atoms with Gasteiger partial charge in [0.1, 0.15) is 5.75 Å². The van der Waals surface area contributed by atoms with Crippen molar-refractivity contribution in [2.24, 2.45) is 0 Å². The molecule has 1 fully saturated rings. The van der Waals surface area contributed by atoms with Gasteiger partial charge in [-0.15, -0.1) is 0 Å². The molecule has 15 heavy (non-hydrogen) atoms. The summed E-state index contributed by atoms with van der Waals surface area (Å²) < 4.78 is 5.26. The van der Waals surface area contributed by atoms with Crippen molar-refractivity contribution in [1.82, 2.24) is 4.90 Å². The summed E-state index contributed by atoms with van der Waals surface area (Å²) in [6.45, 7) is 4.08. The van der Waals surface area contributed by atoms with Crippen molar-refractivity contribution in [1.29, 1.82) is 0 Å². The molecule has 0 saturated carbocycles. The largest absolute Gasteiger partial charge is 0.508 e. The SMILES string of the molecule is Oc1ccc(Cl)cc1CN1CCOCC1. The van der Waals surface area contributed by atoms with Gasteiger partial charge in [0.15, 0.2) is 0 Å². The molecule has 1 N–H and O–H groups in total. The topological polar surface area (TPSA) is 32.7 Å². The van der Waals surface area contributed by atoms with E-state index in [2.05, 4.69) is 4.90 Å². The Kier molecular flexibility index (Phi) is 3.46. The minimum absolute atomic E-state index is 0.311. The smallest absolute Gasteiger partial charge is 0.120 e. The lowest BCUT2D eigenvalue weighted by Gasteiger charge is -2.26. The van der Waals surface area contributed by atoms with E-state index in [-0.39, 0.29) is 0 Å². The van der Waals surface area contributed by atoms with Gasteiger partial charge in [0.05, 0.1) is 13.2 Å². The maximum atomic E-state index is 9.65. The van der Waals surface area contributed by atoms with Crippen molar-refractivity contribution in [2.45, 2.75) is 6.54 Å². The number of hydrogen-bond donors (Lipinski definition) is 1. The van der Waals surface area contributed by atoms with Gasteiger partial charge in [-0.2, -0.15) is 0 Å². The van der Waals surface area contributed by atoms with E-state index >= 15 is 0 Å². The van der Waals surface area contributed by atoms with Crippen LogP contribution in [0.15, 0.2) is 18.2 Å². The number of phenolic OH excluding ortho intramolecular Hbond substituents is 1. The van der Waals surface area contributed by atoms with E-state index in [0.717, 1.165) is 38.4 Å². The van der Waals surface area contributed by atoms with Crippen LogP contribution in [0.2, 0.25) is 5.02 Å². The van der Waals surface area contributed by atoms with Crippen LogP contribution in [0.1, 0.15) is 5.56 Å². The van der Waals surface area contributed by atoms with Gasteiger partial charge in [-0.1, -0.05) is 11.6 Å². The standard InChI is InChI=1S/C11H14ClNO2/c12-10-1-2-11(14)9(7-10)8-13-3-5-15-6-4-13/h1-2,7,14H,3-6,8H2. The fourth-order valence-corrected chi connectivity index (χ4v) is 1.88. The molecule has 2 rings (SSSR count). The second kappa shape index (κ2) is 4.84. The molecule has 0 spiro atoms. The van der Waals surface area contributed by atoms with Crippen LogP contribution >= 0.6 is 11.6 Å². The van der Waals surface area contributed by atoms with Gasteiger partial charge < -0.3 is 9.84 Å². The van der Waals surface area contributed by atoms with Crippen LogP contribution in [0.25, 0.3) is 0 Å². The Morgan fingerprint density at radius 2 is 2.07 bits per heavy atom. The summed E-state index contributed by atoms with van der Waals surface area (Å²) in [5.74, 6) is 0.311. The third kappa shape index (κ3) is 2.84. The quantitative estimate of drug-likeness (QED) is 0.838. The Morgan fingerprint density at radius 3 is 2.80 bits per heavy atom. The monoisotopic (exact) mass is 227 g/mol. The zero-order chi connectivity index (χ0) is 10.7. The van der Waals surface area contributed by atoms with Gasteiger partial charge in [0.25, 0.3) is 0 Å². The molecule has 1 aromatic rings. The molecular weight excluding hydrogens is 214 g/mol. The van der Waals surface area contributed by atoms with Crippen LogP contribution in [0.3, 0.4) is 0 Å². The summed E-state index contributed by atoms with van der Waals surface area (Å²) >= 11 is 5.88. The number of halogens is 1. The van der Waals surface area contributed by atoms with Crippen LogP contribution in [-0.4, -0.2) is 36.3 Å². The molecule has 0 aliphatic carbocycles. The first kappa shape index (κ1) is 10.7. The molecule has 0 unspecified atom stereocenters. The molecule has 1 aliphatic heterocycles. The van der Waals surface area contributed by atoms with Crippen molar-refractivity contribution in [3.63, 3.8) is 0 Å². The minimum Gasteiger partial charge on any atom is -0.508 e. The fourth-order valence-electron chi connectivity index (χ4n) is 1.68. The summed E-state index contributed by atoms with van der Waals surface area (Å²) in [6, 6.07) is 5.14. The van der Waals surface area contributed by atoms with Crippen LogP contribution in [0, 0.1) is 0 Å². The van der Waals surface area contributed by atoms with E-state index < -0.39 is 0 Å². The molecular formula is C11H14ClNO2. The second-order valence-corrected chi connectivity index (χ2v) is 4.10. The van der Waals surface area contributed by atoms with E-state index in [0.29, 0.717) is 10.8 Å². The molecule has 1 aliphatic rings. The molecule has 1 heterocycles. The van der Waals surface area contributed by atoms with Gasteiger partial charge in [-0.05, 0) is 18.2 Å². The number of hydrogen-bond acceptors (Lipinski definition) is 3. The average Bonchev–Trinajstić information content (AvgIpc) is 2.25. The normalized spacial score (nSPS) is 17.9. The Morgan fingerprint density at radius 1 is 1.33 bits per heavy atom. The first-order valence-corrected chi connectivity index (χ1v) is 5.41.